The lowest BCUT2D eigenvalue weighted by atomic mass is 9.58. The van der Waals surface area contributed by atoms with E-state index in [1.54, 1.807) is 43.5 Å². The van der Waals surface area contributed by atoms with Gasteiger partial charge in [-0.2, -0.15) is 0 Å². The topological polar surface area (TPSA) is 0 Å². The molecule has 146 valence electrons. The van der Waals surface area contributed by atoms with Crippen LogP contribution in [0.2, 0.25) is 0 Å². The molecule has 4 heteroatoms. The van der Waals surface area contributed by atoms with E-state index in [1.807, 2.05) is 0 Å². The van der Waals surface area contributed by atoms with E-state index in [4.69, 9.17) is 23.6 Å². The summed E-state index contributed by atoms with van der Waals surface area (Å²) in [7, 11) is 0. The predicted octanol–water partition coefficient (Wildman–Crippen LogP) is 7.93. The third-order valence-electron chi connectivity index (χ3n) is 10.1. The van der Waals surface area contributed by atoms with E-state index in [1.165, 1.54) is 0 Å². The van der Waals surface area contributed by atoms with Gasteiger partial charge in [0, 0.05) is 39.6 Å². The van der Waals surface area contributed by atoms with E-state index in [2.05, 4.69) is 69.2 Å². The molecule has 0 amide bonds. The Morgan fingerprint density at radius 1 is 0.667 bits per heavy atom. The van der Waals surface area contributed by atoms with Crippen LogP contribution in [0.4, 0.5) is 0 Å². The second-order valence-electron chi connectivity index (χ2n) is 10.6. The molecule has 0 spiro atoms. The minimum absolute atomic E-state index is 0.0850. The van der Waals surface area contributed by atoms with Crippen LogP contribution in [0.1, 0.15) is 69.2 Å². The molecular formula is C23H32P2S2. The summed E-state index contributed by atoms with van der Waals surface area (Å²) in [6.45, 7) is 24.4. The Bertz CT molecular complexity index is 1020. The Labute approximate surface area is 175 Å². The van der Waals surface area contributed by atoms with Crippen LogP contribution in [0.15, 0.2) is 43.5 Å². The van der Waals surface area contributed by atoms with Crippen molar-refractivity contribution in [2.24, 2.45) is 16.2 Å². The third-order valence-corrected chi connectivity index (χ3v) is 23.0. The van der Waals surface area contributed by atoms with Crippen molar-refractivity contribution in [3.63, 3.8) is 0 Å². The maximum absolute atomic E-state index is 6.69. The molecule has 0 saturated heterocycles. The SMILES string of the molecule is CC1=C(C)[P@@]2(=S)C3=C(C(C)(C)C4=C3[P@@]3(=S)C(C)=C(C)[C@]4(C)C3C)[C@]1(C)C2C. The van der Waals surface area contributed by atoms with Crippen LogP contribution in [-0.2, 0) is 23.6 Å². The van der Waals surface area contributed by atoms with Crippen molar-refractivity contribution in [2.45, 2.75) is 80.6 Å². The van der Waals surface area contributed by atoms with E-state index in [0.29, 0.717) is 11.3 Å². The molecule has 6 atom stereocenters. The fourth-order valence-corrected chi connectivity index (χ4v) is 21.3. The third kappa shape index (κ3) is 1.42. The Balaban J connectivity index is 1.94. The van der Waals surface area contributed by atoms with E-state index in [-0.39, 0.29) is 16.2 Å². The summed E-state index contributed by atoms with van der Waals surface area (Å²) in [6, 6.07) is -3.47. The molecule has 0 nitrogen and oxygen atoms in total. The van der Waals surface area contributed by atoms with Crippen molar-refractivity contribution in [1.82, 2.24) is 0 Å². The summed E-state index contributed by atoms with van der Waals surface area (Å²) in [5.41, 5.74) is 8.02. The normalized spacial score (nSPS) is 51.9. The van der Waals surface area contributed by atoms with Crippen LogP contribution in [-0.4, -0.2) is 11.3 Å². The van der Waals surface area contributed by atoms with E-state index < -0.39 is 12.1 Å². The summed E-state index contributed by atoms with van der Waals surface area (Å²) in [5.74, 6) is 0. The Morgan fingerprint density at radius 2 is 0.963 bits per heavy atom. The largest absolute Gasteiger partial charge is 0.0876 e. The summed E-state index contributed by atoms with van der Waals surface area (Å²) >= 11 is 13.4. The molecule has 0 aromatic heterocycles. The first-order chi connectivity index (χ1) is 12.2. The van der Waals surface area contributed by atoms with E-state index >= 15 is 0 Å². The van der Waals surface area contributed by atoms with Crippen LogP contribution < -0.4 is 0 Å². The summed E-state index contributed by atoms with van der Waals surface area (Å²) in [5, 5.41) is 6.39. The molecule has 0 saturated carbocycles. The van der Waals surface area contributed by atoms with Crippen molar-refractivity contribution < 1.29 is 0 Å². The van der Waals surface area contributed by atoms with Gasteiger partial charge in [-0.3, -0.25) is 0 Å². The molecule has 0 aromatic carbocycles. The zero-order valence-electron chi connectivity index (χ0n) is 18.4. The lowest BCUT2D eigenvalue weighted by molar-refractivity contribution is 0.328. The molecule has 0 N–H and O–H groups in total. The van der Waals surface area contributed by atoms with Crippen molar-refractivity contribution in [1.29, 1.82) is 0 Å². The molecule has 2 unspecified atom stereocenters. The van der Waals surface area contributed by atoms with Crippen LogP contribution in [0.3, 0.4) is 0 Å². The van der Waals surface area contributed by atoms with Gasteiger partial charge in [0.1, 0.15) is 0 Å². The van der Waals surface area contributed by atoms with Crippen LogP contribution >= 0.6 is 12.1 Å². The maximum Gasteiger partial charge on any atom is 0.0192 e. The van der Waals surface area contributed by atoms with E-state index in [9.17, 15) is 0 Å². The number of rotatable bonds is 0. The van der Waals surface area contributed by atoms with Gasteiger partial charge >= 0.3 is 0 Å². The van der Waals surface area contributed by atoms with Gasteiger partial charge in [0.05, 0.1) is 0 Å². The van der Waals surface area contributed by atoms with Crippen LogP contribution in [0.25, 0.3) is 0 Å². The maximum atomic E-state index is 6.69. The number of allylic oxidation sites excluding steroid dienone is 8. The molecule has 27 heavy (non-hydrogen) atoms. The first kappa shape index (κ1) is 19.2. The Morgan fingerprint density at radius 3 is 1.26 bits per heavy atom. The van der Waals surface area contributed by atoms with Gasteiger partial charge in [-0.05, 0) is 60.1 Å². The monoisotopic (exact) mass is 434 g/mol. The lowest BCUT2D eigenvalue weighted by Gasteiger charge is -2.45. The van der Waals surface area contributed by atoms with Crippen molar-refractivity contribution in [3.8, 4) is 0 Å². The highest BCUT2D eigenvalue weighted by Crippen LogP contribution is 2.96. The number of hydrogen-bond acceptors (Lipinski definition) is 2. The average Bonchev–Trinajstić information content (AvgIpc) is 3.13. The summed E-state index contributed by atoms with van der Waals surface area (Å²) in [4.78, 5) is 0. The molecule has 0 radical (unpaired) electrons. The highest BCUT2D eigenvalue weighted by Gasteiger charge is 2.73. The highest BCUT2D eigenvalue weighted by atomic mass is 32.4. The van der Waals surface area contributed by atoms with Gasteiger partial charge < -0.3 is 0 Å². The average molecular weight is 435 g/mol. The van der Waals surface area contributed by atoms with Crippen LogP contribution in [0, 0.1) is 16.2 Å². The minimum atomic E-state index is -1.74. The predicted molar refractivity (Wildman–Crippen MR) is 128 cm³/mol. The molecule has 1 aliphatic carbocycles. The second-order valence-corrected chi connectivity index (χ2v) is 20.4. The Hall–Kier alpha value is 0.260. The molecule has 4 aliphatic heterocycles. The highest BCUT2D eigenvalue weighted by molar-refractivity contribution is 8.22. The van der Waals surface area contributed by atoms with E-state index in [0.717, 1.165) is 0 Å². The summed E-state index contributed by atoms with van der Waals surface area (Å²) in [6.07, 6.45) is 0. The quantitative estimate of drug-likeness (QED) is 0.355. The summed E-state index contributed by atoms with van der Waals surface area (Å²) < 4.78 is 0. The van der Waals surface area contributed by atoms with Gasteiger partial charge in [0.25, 0.3) is 0 Å². The van der Waals surface area contributed by atoms with Gasteiger partial charge in [0.2, 0.25) is 0 Å². The fraction of sp³-hybridized carbons (Fsp3) is 0.652. The van der Waals surface area contributed by atoms with Gasteiger partial charge in [0.15, 0.2) is 0 Å². The molecule has 4 bridgehead atoms. The van der Waals surface area contributed by atoms with Crippen molar-refractivity contribution in [3.05, 3.63) is 43.5 Å². The Kier molecular flexibility index (Phi) is 3.29. The molecule has 4 heterocycles. The fourth-order valence-electron chi connectivity index (χ4n) is 8.09. The zero-order valence-corrected chi connectivity index (χ0v) is 21.8. The van der Waals surface area contributed by atoms with Crippen LogP contribution in [0.5, 0.6) is 0 Å². The lowest BCUT2D eigenvalue weighted by Crippen LogP contribution is -2.38. The molecule has 5 aliphatic rings. The number of fused-ring (bicyclic) bond motifs is 9. The molecular weight excluding hydrogens is 402 g/mol. The second kappa shape index (κ2) is 4.61. The first-order valence-electron chi connectivity index (χ1n) is 10.3. The van der Waals surface area contributed by atoms with Crippen molar-refractivity contribution in [2.75, 3.05) is 0 Å². The minimum Gasteiger partial charge on any atom is -0.0876 e. The van der Waals surface area contributed by atoms with Gasteiger partial charge in [-0.15, -0.1) is 0 Å². The molecule has 0 fully saturated rings. The van der Waals surface area contributed by atoms with Gasteiger partial charge in [-0.25, -0.2) is 0 Å². The van der Waals surface area contributed by atoms with Crippen molar-refractivity contribution >= 4 is 35.7 Å². The van der Waals surface area contributed by atoms with Gasteiger partial charge in [-0.1, -0.05) is 76.3 Å². The first-order valence-corrected chi connectivity index (χ1v) is 16.0. The molecule has 0 aromatic rings. The zero-order chi connectivity index (χ0) is 20.3. The standard InChI is InChI=1S/C23H32P2S2/c1-11-13(3)24(26)15(5)22(11,9)19-17(24)18-20(21(19,7)8)23(10)12(2)14(4)25(18,27)16(23)6/h15-16H,1-10H3/t15?,16?,22-,23+,24-,25+. The molecule has 5 rings (SSSR count). The number of hydrogen-bond donors (Lipinski definition) is 0. The smallest absolute Gasteiger partial charge is 0.0192 e.